The van der Waals surface area contributed by atoms with Crippen LogP contribution in [0.5, 0.6) is 0 Å². The Morgan fingerprint density at radius 2 is 1.74 bits per heavy atom. The van der Waals surface area contributed by atoms with Gasteiger partial charge in [-0.25, -0.2) is 0 Å². The van der Waals surface area contributed by atoms with Crippen LogP contribution in [0.25, 0.3) is 10.9 Å². The van der Waals surface area contributed by atoms with Gasteiger partial charge in [-0.3, -0.25) is 4.79 Å². The molecule has 0 aliphatic heterocycles. The smallest absolute Gasteiger partial charge is 0.133 e. The van der Waals surface area contributed by atoms with E-state index in [2.05, 4.69) is 76.1 Å². The Labute approximate surface area is 237 Å². The number of rotatable bonds is 10. The Bertz CT molecular complexity index is 1220. The zero-order valence-corrected chi connectivity index (χ0v) is 24.7. The minimum absolute atomic E-state index is 0.0831. The molecule has 1 unspecified atom stereocenters. The molecular formula is C34H45BrN2O. The molecule has 0 saturated heterocycles. The number of nitrogens with two attached hydrogens (primary N) is 1. The van der Waals surface area contributed by atoms with Gasteiger partial charge in [0.25, 0.3) is 0 Å². The summed E-state index contributed by atoms with van der Waals surface area (Å²) in [5, 5.41) is 1.29. The second kappa shape index (κ2) is 13.0. The van der Waals surface area contributed by atoms with Crippen molar-refractivity contribution >= 4 is 32.6 Å². The van der Waals surface area contributed by atoms with Crippen LogP contribution in [0, 0.1) is 24.7 Å². The van der Waals surface area contributed by atoms with E-state index in [0.29, 0.717) is 30.5 Å². The molecule has 2 aliphatic rings. The SMILES string of the molecule is Cc1cccc(C(CC(=O)CCC2CCC(CN)CC2)c2cn(CC3CCCCC3)c3ccc(Br)cc23)c1. The van der Waals surface area contributed by atoms with E-state index in [4.69, 9.17) is 5.73 Å². The Kier molecular flexibility index (Phi) is 9.43. The number of aromatic nitrogens is 1. The number of benzene rings is 2. The molecule has 2 N–H and O–H groups in total. The molecular weight excluding hydrogens is 532 g/mol. The van der Waals surface area contributed by atoms with Crippen molar-refractivity contribution in [3.63, 3.8) is 0 Å². The molecule has 2 aliphatic carbocycles. The molecule has 1 aromatic heterocycles. The second-order valence-corrected chi connectivity index (χ2v) is 13.2. The summed E-state index contributed by atoms with van der Waals surface area (Å²) < 4.78 is 3.60. The lowest BCUT2D eigenvalue weighted by atomic mass is 9.79. The summed E-state index contributed by atoms with van der Waals surface area (Å²) in [5.74, 6) is 2.62. The zero-order valence-electron chi connectivity index (χ0n) is 23.1. The number of carbonyl (C=O) groups excluding carboxylic acids is 1. The van der Waals surface area contributed by atoms with Crippen molar-refractivity contribution in [3.05, 3.63) is 69.8 Å². The quantitative estimate of drug-likeness (QED) is 0.262. The highest BCUT2D eigenvalue weighted by atomic mass is 79.9. The zero-order chi connectivity index (χ0) is 26.5. The van der Waals surface area contributed by atoms with Gasteiger partial charge < -0.3 is 10.3 Å². The number of hydrogen-bond donors (Lipinski definition) is 1. The highest BCUT2D eigenvalue weighted by molar-refractivity contribution is 9.10. The lowest BCUT2D eigenvalue weighted by Crippen LogP contribution is -2.22. The normalized spacial score (nSPS) is 21.6. The second-order valence-electron chi connectivity index (χ2n) is 12.3. The lowest BCUT2D eigenvalue weighted by Gasteiger charge is -2.27. The fraction of sp³-hybridized carbons (Fsp3) is 0.559. The van der Waals surface area contributed by atoms with Crippen molar-refractivity contribution < 1.29 is 4.79 Å². The highest BCUT2D eigenvalue weighted by Gasteiger charge is 2.26. The van der Waals surface area contributed by atoms with E-state index in [9.17, 15) is 4.79 Å². The van der Waals surface area contributed by atoms with Gasteiger partial charge in [0.1, 0.15) is 5.78 Å². The molecule has 4 heteroatoms. The van der Waals surface area contributed by atoms with Crippen molar-refractivity contribution in [1.82, 2.24) is 4.57 Å². The number of Topliss-reactive ketones (excluding diaryl/α,β-unsaturated/α-hetero) is 1. The minimum atomic E-state index is 0.0831. The first-order valence-electron chi connectivity index (χ1n) is 15.1. The average molecular weight is 578 g/mol. The fourth-order valence-corrected chi connectivity index (χ4v) is 7.48. The summed E-state index contributed by atoms with van der Waals surface area (Å²) in [6.07, 6.45) is 16.4. The maximum atomic E-state index is 13.5. The molecule has 204 valence electrons. The fourth-order valence-electron chi connectivity index (χ4n) is 7.12. The number of hydrogen-bond acceptors (Lipinski definition) is 2. The van der Waals surface area contributed by atoms with Crippen molar-refractivity contribution in [2.45, 2.75) is 96.4 Å². The minimum Gasteiger partial charge on any atom is -0.347 e. The van der Waals surface area contributed by atoms with Crippen LogP contribution in [0.2, 0.25) is 0 Å². The van der Waals surface area contributed by atoms with Gasteiger partial charge >= 0.3 is 0 Å². The molecule has 0 amide bonds. The molecule has 2 saturated carbocycles. The Balaban J connectivity index is 1.40. The first-order valence-corrected chi connectivity index (χ1v) is 15.9. The van der Waals surface area contributed by atoms with Crippen LogP contribution in [0.3, 0.4) is 0 Å². The monoisotopic (exact) mass is 576 g/mol. The number of carbonyl (C=O) groups is 1. The van der Waals surface area contributed by atoms with E-state index in [1.54, 1.807) is 0 Å². The summed E-state index contributed by atoms with van der Waals surface area (Å²) in [7, 11) is 0. The lowest BCUT2D eigenvalue weighted by molar-refractivity contribution is -0.119. The number of nitrogens with zero attached hydrogens (tertiary/aromatic N) is 1. The van der Waals surface area contributed by atoms with Crippen LogP contribution in [0.4, 0.5) is 0 Å². The van der Waals surface area contributed by atoms with E-state index >= 15 is 0 Å². The van der Waals surface area contributed by atoms with Crippen LogP contribution in [-0.4, -0.2) is 16.9 Å². The van der Waals surface area contributed by atoms with Crippen LogP contribution in [0.1, 0.15) is 99.7 Å². The van der Waals surface area contributed by atoms with E-state index in [1.807, 2.05) is 0 Å². The maximum absolute atomic E-state index is 13.5. The average Bonchev–Trinajstić information content (AvgIpc) is 3.28. The number of ketones is 1. The van der Waals surface area contributed by atoms with E-state index in [-0.39, 0.29) is 5.92 Å². The molecule has 0 radical (unpaired) electrons. The molecule has 2 fully saturated rings. The van der Waals surface area contributed by atoms with Gasteiger partial charge in [-0.05, 0) is 92.7 Å². The van der Waals surface area contributed by atoms with Gasteiger partial charge in [-0.2, -0.15) is 0 Å². The van der Waals surface area contributed by atoms with Gasteiger partial charge in [0.15, 0.2) is 0 Å². The summed E-state index contributed by atoms with van der Waals surface area (Å²) in [4.78, 5) is 13.5. The van der Waals surface area contributed by atoms with E-state index in [1.165, 1.54) is 85.4 Å². The predicted molar refractivity (Wildman–Crippen MR) is 163 cm³/mol. The van der Waals surface area contributed by atoms with Gasteiger partial charge in [0, 0.05) is 46.9 Å². The van der Waals surface area contributed by atoms with Gasteiger partial charge in [0.05, 0.1) is 0 Å². The molecule has 3 aromatic rings. The molecule has 1 atom stereocenters. The summed E-state index contributed by atoms with van der Waals surface area (Å²) in [6, 6.07) is 15.5. The van der Waals surface area contributed by atoms with Crippen LogP contribution in [-0.2, 0) is 11.3 Å². The molecule has 5 rings (SSSR count). The van der Waals surface area contributed by atoms with Crippen molar-refractivity contribution in [2.75, 3.05) is 6.54 Å². The molecule has 2 aromatic carbocycles. The third-order valence-electron chi connectivity index (χ3n) is 9.44. The molecule has 3 nitrogen and oxygen atoms in total. The summed E-state index contributed by atoms with van der Waals surface area (Å²) in [6.45, 7) is 4.05. The van der Waals surface area contributed by atoms with Crippen molar-refractivity contribution in [1.29, 1.82) is 0 Å². The molecule has 0 spiro atoms. The number of halogens is 1. The van der Waals surface area contributed by atoms with Gasteiger partial charge in [0.2, 0.25) is 0 Å². The van der Waals surface area contributed by atoms with Crippen LogP contribution >= 0.6 is 15.9 Å². The Morgan fingerprint density at radius 3 is 2.47 bits per heavy atom. The Hall–Kier alpha value is -1.91. The summed E-state index contributed by atoms with van der Waals surface area (Å²) in [5.41, 5.74) is 11.0. The third-order valence-corrected chi connectivity index (χ3v) is 9.93. The molecule has 0 bridgehead atoms. The topological polar surface area (TPSA) is 48.0 Å². The van der Waals surface area contributed by atoms with E-state index < -0.39 is 0 Å². The van der Waals surface area contributed by atoms with Crippen molar-refractivity contribution in [3.8, 4) is 0 Å². The third kappa shape index (κ3) is 6.80. The first-order chi connectivity index (χ1) is 18.5. The number of aryl methyl sites for hydroxylation is 1. The highest BCUT2D eigenvalue weighted by Crippen LogP contribution is 2.38. The van der Waals surface area contributed by atoms with Gasteiger partial charge in [-0.15, -0.1) is 0 Å². The van der Waals surface area contributed by atoms with Gasteiger partial charge in [-0.1, -0.05) is 77.9 Å². The maximum Gasteiger partial charge on any atom is 0.133 e. The first kappa shape index (κ1) is 27.6. The van der Waals surface area contributed by atoms with Crippen LogP contribution in [0.15, 0.2) is 53.1 Å². The van der Waals surface area contributed by atoms with Crippen LogP contribution < -0.4 is 5.73 Å². The van der Waals surface area contributed by atoms with E-state index in [0.717, 1.165) is 29.9 Å². The summed E-state index contributed by atoms with van der Waals surface area (Å²) >= 11 is 3.74. The molecule has 38 heavy (non-hydrogen) atoms. The Morgan fingerprint density at radius 1 is 0.974 bits per heavy atom. The molecule has 1 heterocycles. The van der Waals surface area contributed by atoms with Crippen molar-refractivity contribution in [2.24, 2.45) is 23.5 Å². The largest absolute Gasteiger partial charge is 0.347 e. The number of fused-ring (bicyclic) bond motifs is 1. The predicted octanol–water partition coefficient (Wildman–Crippen LogP) is 8.93. The standard InChI is InChI=1S/C34H45BrN2O/c1-24-6-5-9-28(18-24)31(20-30(38)16-14-25-10-12-26(21-36)13-11-25)33-23-37(22-27-7-3-2-4-8-27)34-17-15-29(35)19-32(33)34/h5-6,9,15,17-19,23,25-27,31H,2-4,7-8,10-14,16,20-22,36H2,1H3.